The standard InChI is InChI=1S/C8H12N4/c1-6(2)3-11-8-7(9)4-10-5-12-8/h3-5H,9H2,1-2H3,(H,10,11,12). The molecule has 12 heavy (non-hydrogen) atoms. The third kappa shape index (κ3) is 2.23. The molecule has 0 amide bonds. The molecule has 1 aromatic heterocycles. The maximum atomic E-state index is 5.59. The zero-order valence-corrected chi connectivity index (χ0v) is 7.20. The first-order chi connectivity index (χ1) is 5.70. The van der Waals surface area contributed by atoms with Crippen molar-refractivity contribution in [3.8, 4) is 0 Å². The summed E-state index contributed by atoms with van der Waals surface area (Å²) in [5.41, 5.74) is 7.30. The number of nitrogens with one attached hydrogen (secondary N) is 1. The van der Waals surface area contributed by atoms with Crippen molar-refractivity contribution in [3.05, 3.63) is 24.3 Å². The zero-order chi connectivity index (χ0) is 8.97. The molecule has 0 aliphatic carbocycles. The Labute approximate surface area is 71.5 Å². The Morgan fingerprint density at radius 2 is 2.33 bits per heavy atom. The van der Waals surface area contributed by atoms with Crippen molar-refractivity contribution in [1.82, 2.24) is 9.97 Å². The van der Waals surface area contributed by atoms with E-state index in [9.17, 15) is 0 Å². The van der Waals surface area contributed by atoms with E-state index in [-0.39, 0.29) is 0 Å². The highest BCUT2D eigenvalue weighted by molar-refractivity contribution is 5.60. The van der Waals surface area contributed by atoms with Gasteiger partial charge in [0.2, 0.25) is 0 Å². The van der Waals surface area contributed by atoms with Crippen LogP contribution in [0.3, 0.4) is 0 Å². The van der Waals surface area contributed by atoms with E-state index >= 15 is 0 Å². The number of hydrogen-bond donors (Lipinski definition) is 2. The normalized spacial score (nSPS) is 9.17. The topological polar surface area (TPSA) is 63.8 Å². The van der Waals surface area contributed by atoms with Gasteiger partial charge in [0.15, 0.2) is 5.82 Å². The Balaban J connectivity index is 2.76. The van der Waals surface area contributed by atoms with E-state index in [4.69, 9.17) is 5.73 Å². The van der Waals surface area contributed by atoms with Crippen molar-refractivity contribution in [2.75, 3.05) is 11.1 Å². The van der Waals surface area contributed by atoms with Gasteiger partial charge in [-0.15, -0.1) is 0 Å². The number of aromatic nitrogens is 2. The van der Waals surface area contributed by atoms with Gasteiger partial charge in [0.1, 0.15) is 6.33 Å². The Hall–Kier alpha value is -1.58. The average molecular weight is 164 g/mol. The number of allylic oxidation sites excluding steroid dienone is 1. The van der Waals surface area contributed by atoms with Gasteiger partial charge in [-0.3, -0.25) is 0 Å². The Bertz CT molecular complexity index is 289. The van der Waals surface area contributed by atoms with Crippen LogP contribution in [0.1, 0.15) is 13.8 Å². The van der Waals surface area contributed by atoms with Gasteiger partial charge in [-0.05, 0) is 13.8 Å². The predicted octanol–water partition coefficient (Wildman–Crippen LogP) is 1.39. The van der Waals surface area contributed by atoms with Crippen LogP contribution in [0, 0.1) is 0 Å². The van der Waals surface area contributed by atoms with E-state index in [0.29, 0.717) is 11.5 Å². The van der Waals surface area contributed by atoms with Crippen molar-refractivity contribution < 1.29 is 0 Å². The van der Waals surface area contributed by atoms with E-state index in [2.05, 4.69) is 15.3 Å². The molecule has 0 unspecified atom stereocenters. The van der Waals surface area contributed by atoms with E-state index in [1.165, 1.54) is 6.33 Å². The van der Waals surface area contributed by atoms with Crippen molar-refractivity contribution in [1.29, 1.82) is 0 Å². The van der Waals surface area contributed by atoms with Gasteiger partial charge in [-0.25, -0.2) is 9.97 Å². The largest absolute Gasteiger partial charge is 0.394 e. The maximum absolute atomic E-state index is 5.59. The fourth-order valence-electron chi connectivity index (χ4n) is 0.674. The molecule has 0 aromatic carbocycles. The van der Waals surface area contributed by atoms with Gasteiger partial charge in [0, 0.05) is 6.20 Å². The van der Waals surface area contributed by atoms with E-state index in [0.717, 1.165) is 5.57 Å². The lowest BCUT2D eigenvalue weighted by atomic mass is 10.4. The summed E-state index contributed by atoms with van der Waals surface area (Å²) >= 11 is 0. The van der Waals surface area contributed by atoms with Crippen LogP contribution in [0.2, 0.25) is 0 Å². The molecule has 0 aliphatic heterocycles. The number of rotatable bonds is 2. The third-order valence-corrected chi connectivity index (χ3v) is 1.24. The quantitative estimate of drug-likeness (QED) is 0.693. The Kier molecular flexibility index (Phi) is 2.63. The molecule has 1 heterocycles. The zero-order valence-electron chi connectivity index (χ0n) is 7.20. The van der Waals surface area contributed by atoms with Gasteiger partial charge in [0.05, 0.1) is 11.9 Å². The summed E-state index contributed by atoms with van der Waals surface area (Å²) in [5.74, 6) is 0.645. The van der Waals surface area contributed by atoms with Crippen LogP contribution >= 0.6 is 0 Å². The fraction of sp³-hybridized carbons (Fsp3) is 0.250. The number of nitrogens with two attached hydrogens (primary N) is 1. The van der Waals surface area contributed by atoms with Crippen LogP contribution in [-0.4, -0.2) is 9.97 Å². The molecule has 0 aliphatic rings. The summed E-state index contributed by atoms with van der Waals surface area (Å²) in [5, 5.41) is 2.97. The van der Waals surface area contributed by atoms with Crippen LogP contribution in [0.4, 0.5) is 11.5 Å². The summed E-state index contributed by atoms with van der Waals surface area (Å²) in [6.07, 6.45) is 4.87. The second-order valence-corrected chi connectivity index (χ2v) is 2.69. The molecule has 64 valence electrons. The highest BCUT2D eigenvalue weighted by atomic mass is 15.0. The second kappa shape index (κ2) is 3.71. The summed E-state index contributed by atoms with van der Waals surface area (Å²) in [4.78, 5) is 7.73. The molecule has 0 saturated carbocycles. The van der Waals surface area contributed by atoms with Gasteiger partial charge < -0.3 is 11.1 Å². The number of hydrogen-bond acceptors (Lipinski definition) is 4. The van der Waals surface area contributed by atoms with Crippen LogP contribution in [0.25, 0.3) is 0 Å². The first-order valence-corrected chi connectivity index (χ1v) is 3.65. The van der Waals surface area contributed by atoms with E-state index in [1.807, 2.05) is 20.0 Å². The summed E-state index contributed by atoms with van der Waals surface area (Å²) in [7, 11) is 0. The first-order valence-electron chi connectivity index (χ1n) is 3.65. The van der Waals surface area contributed by atoms with Crippen molar-refractivity contribution in [3.63, 3.8) is 0 Å². The van der Waals surface area contributed by atoms with Gasteiger partial charge >= 0.3 is 0 Å². The average Bonchev–Trinajstić information content (AvgIpc) is 2.03. The lowest BCUT2D eigenvalue weighted by Gasteiger charge is -2.02. The lowest BCUT2D eigenvalue weighted by Crippen LogP contribution is -1.98. The summed E-state index contributed by atoms with van der Waals surface area (Å²) < 4.78 is 0. The monoisotopic (exact) mass is 164 g/mol. The summed E-state index contributed by atoms with van der Waals surface area (Å²) in [6, 6.07) is 0. The molecule has 0 fully saturated rings. The molecule has 1 rings (SSSR count). The van der Waals surface area contributed by atoms with Gasteiger partial charge in [-0.2, -0.15) is 0 Å². The lowest BCUT2D eigenvalue weighted by molar-refractivity contribution is 1.17. The maximum Gasteiger partial charge on any atom is 0.156 e. The molecule has 0 saturated heterocycles. The SMILES string of the molecule is CC(C)=CNc1ncncc1N. The van der Waals surface area contributed by atoms with Crippen LogP contribution < -0.4 is 11.1 Å². The molecular formula is C8H12N4. The molecule has 1 aromatic rings. The van der Waals surface area contributed by atoms with Crippen molar-refractivity contribution >= 4 is 11.5 Å². The molecule has 4 heteroatoms. The number of nitrogens with zero attached hydrogens (tertiary/aromatic N) is 2. The summed E-state index contributed by atoms with van der Waals surface area (Å²) in [6.45, 7) is 3.98. The van der Waals surface area contributed by atoms with E-state index in [1.54, 1.807) is 6.20 Å². The predicted molar refractivity (Wildman–Crippen MR) is 49.5 cm³/mol. The molecule has 0 radical (unpaired) electrons. The molecule has 0 atom stereocenters. The first kappa shape index (κ1) is 8.52. The Morgan fingerprint density at radius 3 is 2.92 bits per heavy atom. The molecular weight excluding hydrogens is 152 g/mol. The Morgan fingerprint density at radius 1 is 1.58 bits per heavy atom. The number of nitrogen functional groups attached to an aromatic ring is 1. The van der Waals surface area contributed by atoms with E-state index < -0.39 is 0 Å². The van der Waals surface area contributed by atoms with Crippen LogP contribution in [0.15, 0.2) is 24.3 Å². The number of anilines is 2. The minimum Gasteiger partial charge on any atom is -0.394 e. The molecule has 4 nitrogen and oxygen atoms in total. The van der Waals surface area contributed by atoms with Gasteiger partial charge in [-0.1, -0.05) is 5.57 Å². The van der Waals surface area contributed by atoms with Gasteiger partial charge in [0.25, 0.3) is 0 Å². The highest BCUT2D eigenvalue weighted by Gasteiger charge is 1.94. The van der Waals surface area contributed by atoms with Crippen molar-refractivity contribution in [2.24, 2.45) is 0 Å². The molecule has 0 spiro atoms. The molecule has 0 bridgehead atoms. The minimum absolute atomic E-state index is 0.551. The highest BCUT2D eigenvalue weighted by Crippen LogP contribution is 2.11. The third-order valence-electron chi connectivity index (χ3n) is 1.24. The smallest absolute Gasteiger partial charge is 0.156 e. The van der Waals surface area contributed by atoms with Crippen molar-refractivity contribution in [2.45, 2.75) is 13.8 Å². The molecule has 3 N–H and O–H groups in total. The minimum atomic E-state index is 0.551. The fourth-order valence-corrected chi connectivity index (χ4v) is 0.674. The second-order valence-electron chi connectivity index (χ2n) is 2.69. The van der Waals surface area contributed by atoms with Crippen LogP contribution in [0.5, 0.6) is 0 Å². The van der Waals surface area contributed by atoms with Crippen LogP contribution in [-0.2, 0) is 0 Å².